The number of primary amides is 1. The molecule has 9 nitrogen and oxygen atoms in total. The maximum Gasteiger partial charge on any atom is 0.314 e. The highest BCUT2D eigenvalue weighted by Gasteiger charge is 2.40. The first-order chi connectivity index (χ1) is 15.2. The zero-order chi connectivity index (χ0) is 23.3. The molecule has 1 fully saturated rings. The lowest BCUT2D eigenvalue weighted by atomic mass is 9.92. The number of rotatable bonds is 4. The predicted molar refractivity (Wildman–Crippen MR) is 112 cm³/mol. The van der Waals surface area contributed by atoms with E-state index in [9.17, 15) is 19.1 Å². The number of benzene rings is 1. The molecule has 1 saturated heterocycles. The van der Waals surface area contributed by atoms with Crippen molar-refractivity contribution in [2.45, 2.75) is 20.1 Å². The van der Waals surface area contributed by atoms with Crippen molar-refractivity contribution < 1.29 is 28.6 Å². The Bertz CT molecular complexity index is 1070. The van der Waals surface area contributed by atoms with Gasteiger partial charge in [0.1, 0.15) is 11.2 Å². The van der Waals surface area contributed by atoms with Gasteiger partial charge in [0.05, 0.1) is 24.6 Å². The van der Waals surface area contributed by atoms with Gasteiger partial charge in [-0.2, -0.15) is 0 Å². The van der Waals surface area contributed by atoms with E-state index in [0.717, 1.165) is 11.1 Å². The number of nitrogens with two attached hydrogens (primary N) is 1. The molecule has 1 amide bonds. The quantitative estimate of drug-likeness (QED) is 0.564. The van der Waals surface area contributed by atoms with Gasteiger partial charge in [0.25, 0.3) is 0 Å². The summed E-state index contributed by atoms with van der Waals surface area (Å²) in [4.78, 5) is 32.4. The van der Waals surface area contributed by atoms with Crippen LogP contribution in [0.5, 0.6) is 0 Å². The molecule has 10 heteroatoms. The third kappa shape index (κ3) is 5.34. The predicted octanol–water partition coefficient (Wildman–Crippen LogP) is 2.91. The highest BCUT2D eigenvalue weighted by Crippen LogP contribution is 2.35. The molecule has 32 heavy (non-hydrogen) atoms. The molecule has 4 N–H and O–H groups in total. The zero-order valence-corrected chi connectivity index (χ0v) is 17.5. The summed E-state index contributed by atoms with van der Waals surface area (Å²) in [5, 5.41) is 9.30. The van der Waals surface area contributed by atoms with Gasteiger partial charge in [-0.3, -0.25) is 14.6 Å². The summed E-state index contributed by atoms with van der Waals surface area (Å²) in [6, 6.07) is 9.68. The number of aromatic amines is 1. The number of ether oxygens (including phenoxy) is 2. The van der Waals surface area contributed by atoms with Gasteiger partial charge >= 0.3 is 5.97 Å². The SMILES string of the molecule is CC(N)=O.CC1(C(=O)O)COC(c2nc(-c3ccc(F)cc3)c(-c3ccncc3)[nH]2)OC1. The average Bonchev–Trinajstić information content (AvgIpc) is 3.20. The summed E-state index contributed by atoms with van der Waals surface area (Å²) in [6.45, 7) is 2.88. The first-order valence-corrected chi connectivity index (χ1v) is 9.68. The number of nitrogens with zero attached hydrogens (tertiary/aromatic N) is 2. The molecule has 0 atom stereocenters. The van der Waals surface area contributed by atoms with Crippen LogP contribution in [0.25, 0.3) is 22.5 Å². The molecule has 1 aliphatic rings. The van der Waals surface area contributed by atoms with E-state index in [2.05, 4.69) is 20.7 Å². The Kier molecular flexibility index (Phi) is 6.96. The maximum absolute atomic E-state index is 13.3. The van der Waals surface area contributed by atoms with Crippen LogP contribution in [0.3, 0.4) is 0 Å². The summed E-state index contributed by atoms with van der Waals surface area (Å²) >= 11 is 0. The van der Waals surface area contributed by atoms with Crippen LogP contribution in [-0.2, 0) is 19.1 Å². The monoisotopic (exact) mass is 442 g/mol. The lowest BCUT2D eigenvalue weighted by Gasteiger charge is -2.33. The van der Waals surface area contributed by atoms with Gasteiger partial charge in [0.2, 0.25) is 12.2 Å². The number of carbonyl (C=O) groups is 2. The second-order valence-corrected chi connectivity index (χ2v) is 7.52. The van der Waals surface area contributed by atoms with E-state index in [1.165, 1.54) is 19.1 Å². The first-order valence-electron chi connectivity index (χ1n) is 9.68. The van der Waals surface area contributed by atoms with E-state index in [1.807, 2.05) is 12.1 Å². The third-order valence-corrected chi connectivity index (χ3v) is 4.65. The summed E-state index contributed by atoms with van der Waals surface area (Å²) in [7, 11) is 0. The van der Waals surface area contributed by atoms with Crippen molar-refractivity contribution >= 4 is 11.9 Å². The number of hydrogen-bond acceptors (Lipinski definition) is 6. The highest BCUT2D eigenvalue weighted by molar-refractivity contribution is 5.78. The maximum atomic E-state index is 13.3. The van der Waals surface area contributed by atoms with Crippen LogP contribution >= 0.6 is 0 Å². The van der Waals surface area contributed by atoms with Gasteiger partial charge in [0.15, 0.2) is 5.82 Å². The molecule has 2 aromatic heterocycles. The fraction of sp³-hybridized carbons (Fsp3) is 0.273. The Labute approximate surface area is 183 Å². The van der Waals surface area contributed by atoms with Gasteiger partial charge < -0.3 is 25.3 Å². The van der Waals surface area contributed by atoms with E-state index >= 15 is 0 Å². The fourth-order valence-corrected chi connectivity index (χ4v) is 2.94. The third-order valence-electron chi connectivity index (χ3n) is 4.65. The van der Waals surface area contributed by atoms with E-state index in [4.69, 9.17) is 9.47 Å². The van der Waals surface area contributed by atoms with Crippen LogP contribution in [0.4, 0.5) is 4.39 Å². The van der Waals surface area contributed by atoms with Gasteiger partial charge in [-0.1, -0.05) is 0 Å². The second kappa shape index (κ2) is 9.67. The van der Waals surface area contributed by atoms with Gasteiger partial charge in [0, 0.05) is 30.4 Å². The second-order valence-electron chi connectivity index (χ2n) is 7.52. The molecule has 0 spiro atoms. The van der Waals surface area contributed by atoms with Crippen LogP contribution in [0.1, 0.15) is 26.0 Å². The molecule has 0 aliphatic carbocycles. The number of pyridine rings is 1. The van der Waals surface area contributed by atoms with Crippen molar-refractivity contribution in [3.63, 3.8) is 0 Å². The average molecular weight is 442 g/mol. The molecule has 3 heterocycles. The number of carbonyl (C=O) groups excluding carboxylic acids is 1. The molecule has 1 aliphatic heterocycles. The van der Waals surface area contributed by atoms with Crippen LogP contribution < -0.4 is 5.73 Å². The van der Waals surface area contributed by atoms with Crippen molar-refractivity contribution in [2.24, 2.45) is 11.1 Å². The molecule has 1 aromatic carbocycles. The Morgan fingerprint density at radius 2 is 1.69 bits per heavy atom. The van der Waals surface area contributed by atoms with Gasteiger partial charge in [-0.15, -0.1) is 0 Å². The molecule has 168 valence electrons. The molecule has 0 unspecified atom stereocenters. The number of halogens is 1. The van der Waals surface area contributed by atoms with E-state index in [1.54, 1.807) is 31.5 Å². The number of carboxylic acid groups (broad SMARTS) is 1. The van der Waals surface area contributed by atoms with Gasteiger partial charge in [-0.05, 0) is 43.3 Å². The van der Waals surface area contributed by atoms with Crippen molar-refractivity contribution in [1.29, 1.82) is 0 Å². The number of aromatic nitrogens is 3. The molecule has 0 saturated carbocycles. The molecule has 4 rings (SSSR count). The number of amides is 1. The minimum Gasteiger partial charge on any atom is -0.481 e. The minimum atomic E-state index is -1.10. The number of imidazole rings is 1. The van der Waals surface area contributed by atoms with Crippen molar-refractivity contribution in [3.05, 3.63) is 60.4 Å². The largest absolute Gasteiger partial charge is 0.481 e. The Morgan fingerprint density at radius 3 is 2.22 bits per heavy atom. The Hall–Kier alpha value is -3.63. The lowest BCUT2D eigenvalue weighted by Crippen LogP contribution is -2.42. The number of aliphatic carboxylic acids is 1. The standard InChI is InChI=1S/C20H18FN3O4.C2H5NO/c1-20(19(25)26)10-27-18(28-11-20)17-23-15(12-2-4-14(21)5-3-12)16(24-17)13-6-8-22-9-7-13;1-2(3)4/h2-9,18H,10-11H2,1H3,(H,23,24)(H,25,26);1H3,(H2,3,4). The first kappa shape index (κ1) is 23.0. The zero-order valence-electron chi connectivity index (χ0n) is 17.5. The summed E-state index contributed by atoms with van der Waals surface area (Å²) < 4.78 is 24.6. The minimum absolute atomic E-state index is 0.00414. The number of hydrogen-bond donors (Lipinski definition) is 3. The highest BCUT2D eigenvalue weighted by atomic mass is 19.1. The van der Waals surface area contributed by atoms with Crippen LogP contribution in [0.15, 0.2) is 48.8 Å². The summed E-state index contributed by atoms with van der Waals surface area (Å²) in [6.07, 6.45) is 2.51. The molecular formula is C22H23FN4O5. The normalized spacial score (nSPS) is 20.2. The molecule has 0 bridgehead atoms. The smallest absolute Gasteiger partial charge is 0.314 e. The van der Waals surface area contributed by atoms with E-state index in [0.29, 0.717) is 17.2 Å². The topological polar surface area (TPSA) is 140 Å². The molecule has 0 radical (unpaired) electrons. The summed E-state index contributed by atoms with van der Waals surface area (Å²) in [5.41, 5.74) is 6.26. The Morgan fingerprint density at radius 1 is 1.12 bits per heavy atom. The van der Waals surface area contributed by atoms with Crippen molar-refractivity contribution in [1.82, 2.24) is 15.0 Å². The van der Waals surface area contributed by atoms with Gasteiger partial charge in [-0.25, -0.2) is 9.37 Å². The van der Waals surface area contributed by atoms with Crippen LogP contribution in [-0.4, -0.2) is 45.1 Å². The van der Waals surface area contributed by atoms with Crippen LogP contribution in [0.2, 0.25) is 0 Å². The van der Waals surface area contributed by atoms with Crippen molar-refractivity contribution in [3.8, 4) is 22.5 Å². The van der Waals surface area contributed by atoms with Crippen LogP contribution in [0, 0.1) is 11.2 Å². The lowest BCUT2D eigenvalue weighted by molar-refractivity contribution is -0.236. The number of H-pyrrole nitrogens is 1. The Balaban J connectivity index is 0.000000668. The fourth-order valence-electron chi connectivity index (χ4n) is 2.94. The number of carboxylic acids is 1. The van der Waals surface area contributed by atoms with Crippen molar-refractivity contribution in [2.75, 3.05) is 13.2 Å². The molecular weight excluding hydrogens is 419 g/mol. The van der Waals surface area contributed by atoms with E-state index in [-0.39, 0.29) is 24.9 Å². The summed E-state index contributed by atoms with van der Waals surface area (Å²) in [5.74, 6) is -1.23. The number of nitrogens with one attached hydrogen (secondary N) is 1. The molecule has 3 aromatic rings. The van der Waals surface area contributed by atoms with E-state index < -0.39 is 17.7 Å².